The number of hydrogen-bond donors (Lipinski definition) is 1. The molecule has 1 N–H and O–H groups in total. The Morgan fingerprint density at radius 1 is 1.41 bits per heavy atom. The number of rotatable bonds is 4. The second kappa shape index (κ2) is 5.01. The lowest BCUT2D eigenvalue weighted by Gasteiger charge is -2.05. The van der Waals surface area contributed by atoms with Gasteiger partial charge in [-0.3, -0.25) is 0 Å². The van der Waals surface area contributed by atoms with Crippen molar-refractivity contribution in [3.05, 3.63) is 47.7 Å². The maximum Gasteiger partial charge on any atom is 0.199 e. The van der Waals surface area contributed by atoms with Gasteiger partial charge in [0, 0.05) is 5.56 Å². The summed E-state index contributed by atoms with van der Waals surface area (Å²) in [6.45, 7) is 1.65. The zero-order chi connectivity index (χ0) is 12.3. The van der Waals surface area contributed by atoms with E-state index in [-0.39, 0.29) is 0 Å². The van der Waals surface area contributed by atoms with Crippen LogP contribution >= 0.6 is 0 Å². The number of ether oxygens (including phenoxy) is 1. The maximum atomic E-state index is 9.35. The average Bonchev–Trinajstić information content (AvgIpc) is 2.78. The van der Waals surface area contributed by atoms with Gasteiger partial charge >= 0.3 is 0 Å². The first-order valence-corrected chi connectivity index (χ1v) is 5.45. The van der Waals surface area contributed by atoms with E-state index >= 15 is 0 Å². The molecule has 2 rings (SSSR count). The predicted molar refractivity (Wildman–Crippen MR) is 62.9 cm³/mol. The number of nitrogens with zero attached hydrogens (tertiary/aromatic N) is 1. The number of benzene rings is 1. The second-order valence-corrected chi connectivity index (χ2v) is 3.82. The number of aliphatic hydroxyl groups excluding tert-OH is 1. The summed E-state index contributed by atoms with van der Waals surface area (Å²) in [6, 6.07) is 7.72. The molecule has 0 amide bonds. The molecule has 0 aliphatic rings. The number of hydrogen-bond acceptors (Lipinski definition) is 4. The van der Waals surface area contributed by atoms with Gasteiger partial charge in [0.05, 0.1) is 19.7 Å². The van der Waals surface area contributed by atoms with Crippen molar-refractivity contribution in [1.82, 2.24) is 4.98 Å². The Morgan fingerprint density at radius 2 is 2.18 bits per heavy atom. The van der Waals surface area contributed by atoms with Crippen molar-refractivity contribution >= 4 is 0 Å². The van der Waals surface area contributed by atoms with Gasteiger partial charge in [0.25, 0.3) is 0 Å². The van der Waals surface area contributed by atoms with Crippen LogP contribution in [-0.2, 0) is 6.42 Å². The van der Waals surface area contributed by atoms with Crippen molar-refractivity contribution < 1.29 is 14.3 Å². The van der Waals surface area contributed by atoms with Gasteiger partial charge < -0.3 is 14.3 Å². The largest absolute Gasteiger partial charge is 0.496 e. The van der Waals surface area contributed by atoms with Gasteiger partial charge in [-0.25, -0.2) is 4.98 Å². The van der Waals surface area contributed by atoms with Crippen molar-refractivity contribution in [3.8, 4) is 5.75 Å². The molecule has 0 aliphatic carbocycles. The van der Waals surface area contributed by atoms with Gasteiger partial charge in [0.2, 0.25) is 0 Å². The smallest absolute Gasteiger partial charge is 0.199 e. The molecule has 1 unspecified atom stereocenters. The van der Waals surface area contributed by atoms with E-state index in [2.05, 4.69) is 4.98 Å². The van der Waals surface area contributed by atoms with Crippen LogP contribution in [0.2, 0.25) is 0 Å². The van der Waals surface area contributed by atoms with E-state index in [1.54, 1.807) is 20.2 Å². The molecule has 90 valence electrons. The van der Waals surface area contributed by atoms with Crippen LogP contribution in [0.15, 0.2) is 34.9 Å². The Hall–Kier alpha value is -1.81. The molecule has 1 atom stereocenters. The lowest BCUT2D eigenvalue weighted by molar-refractivity contribution is 0.167. The predicted octanol–water partition coefficient (Wildman–Crippen LogP) is 2.33. The van der Waals surface area contributed by atoms with Crippen molar-refractivity contribution in [3.63, 3.8) is 0 Å². The maximum absolute atomic E-state index is 9.35. The number of para-hydroxylation sites is 1. The molecule has 0 saturated heterocycles. The molecule has 4 heteroatoms. The molecule has 0 spiro atoms. The Kier molecular flexibility index (Phi) is 3.44. The molecule has 0 saturated carbocycles. The van der Waals surface area contributed by atoms with Crippen molar-refractivity contribution in [2.75, 3.05) is 7.11 Å². The van der Waals surface area contributed by atoms with E-state index < -0.39 is 6.10 Å². The Labute approximate surface area is 99.9 Å². The third-order valence-corrected chi connectivity index (χ3v) is 2.52. The minimum absolute atomic E-state index is 0.481. The molecule has 1 heterocycles. The molecular weight excluding hydrogens is 218 g/mol. The highest BCUT2D eigenvalue weighted by atomic mass is 16.5. The van der Waals surface area contributed by atoms with E-state index in [1.165, 1.54) is 0 Å². The van der Waals surface area contributed by atoms with Crippen LogP contribution in [0, 0.1) is 0 Å². The first-order chi connectivity index (χ1) is 8.20. The molecule has 17 heavy (non-hydrogen) atoms. The first-order valence-electron chi connectivity index (χ1n) is 5.45. The summed E-state index contributed by atoms with van der Waals surface area (Å²) in [4.78, 5) is 4.13. The van der Waals surface area contributed by atoms with Crippen LogP contribution in [0.4, 0.5) is 0 Å². The molecule has 1 aromatic heterocycles. The molecule has 2 aromatic rings. The summed E-state index contributed by atoms with van der Waals surface area (Å²) in [6.07, 6.45) is 1.47. The van der Waals surface area contributed by atoms with Crippen LogP contribution < -0.4 is 4.74 Å². The Bertz CT molecular complexity index is 491. The zero-order valence-corrected chi connectivity index (χ0v) is 9.88. The monoisotopic (exact) mass is 233 g/mol. The van der Waals surface area contributed by atoms with Crippen molar-refractivity contribution in [2.24, 2.45) is 0 Å². The van der Waals surface area contributed by atoms with E-state index in [0.717, 1.165) is 11.3 Å². The summed E-state index contributed by atoms with van der Waals surface area (Å²) in [5.41, 5.74) is 1.01. The van der Waals surface area contributed by atoms with Crippen LogP contribution in [0.5, 0.6) is 5.75 Å². The summed E-state index contributed by atoms with van der Waals surface area (Å²) in [5.74, 6) is 1.87. The van der Waals surface area contributed by atoms with E-state index in [9.17, 15) is 5.11 Å². The van der Waals surface area contributed by atoms with E-state index in [4.69, 9.17) is 9.15 Å². The molecule has 4 nitrogen and oxygen atoms in total. The van der Waals surface area contributed by atoms with Crippen LogP contribution in [0.1, 0.15) is 30.2 Å². The van der Waals surface area contributed by atoms with Gasteiger partial charge in [-0.15, -0.1) is 0 Å². The van der Waals surface area contributed by atoms with Gasteiger partial charge in [0.1, 0.15) is 11.9 Å². The third kappa shape index (κ3) is 2.65. The minimum atomic E-state index is -0.631. The van der Waals surface area contributed by atoms with Gasteiger partial charge in [0.15, 0.2) is 11.7 Å². The quantitative estimate of drug-likeness (QED) is 0.880. The van der Waals surface area contributed by atoms with Gasteiger partial charge in [-0.1, -0.05) is 18.2 Å². The van der Waals surface area contributed by atoms with Crippen LogP contribution in [-0.4, -0.2) is 17.2 Å². The summed E-state index contributed by atoms with van der Waals surface area (Å²) in [7, 11) is 1.63. The number of aliphatic hydroxyl groups is 1. The fourth-order valence-electron chi connectivity index (χ4n) is 1.61. The highest BCUT2D eigenvalue weighted by molar-refractivity contribution is 5.34. The van der Waals surface area contributed by atoms with E-state index in [0.29, 0.717) is 18.1 Å². The number of aromatic nitrogens is 1. The molecule has 0 aliphatic heterocycles. The van der Waals surface area contributed by atoms with Crippen LogP contribution in [0.3, 0.4) is 0 Å². The van der Waals surface area contributed by atoms with Crippen LogP contribution in [0.25, 0.3) is 0 Å². The number of methoxy groups -OCH3 is 1. The summed E-state index contributed by atoms with van der Waals surface area (Å²) < 4.78 is 10.7. The Morgan fingerprint density at radius 3 is 2.82 bits per heavy atom. The fraction of sp³-hybridized carbons (Fsp3) is 0.308. The third-order valence-electron chi connectivity index (χ3n) is 2.52. The van der Waals surface area contributed by atoms with Gasteiger partial charge in [-0.05, 0) is 13.0 Å². The minimum Gasteiger partial charge on any atom is -0.496 e. The van der Waals surface area contributed by atoms with Gasteiger partial charge in [-0.2, -0.15) is 0 Å². The fourth-order valence-corrected chi connectivity index (χ4v) is 1.61. The second-order valence-electron chi connectivity index (χ2n) is 3.82. The van der Waals surface area contributed by atoms with Crippen molar-refractivity contribution in [2.45, 2.75) is 19.4 Å². The van der Waals surface area contributed by atoms with E-state index in [1.807, 2.05) is 24.3 Å². The molecule has 0 radical (unpaired) electrons. The standard InChI is InChI=1S/C13H15NO3/c1-9(15)12-8-14-13(17-12)7-10-5-3-4-6-11(10)16-2/h3-6,8-9,15H,7H2,1-2H3. The average molecular weight is 233 g/mol. The highest BCUT2D eigenvalue weighted by Gasteiger charge is 2.11. The highest BCUT2D eigenvalue weighted by Crippen LogP contribution is 2.22. The summed E-state index contributed by atoms with van der Waals surface area (Å²) >= 11 is 0. The lowest BCUT2D eigenvalue weighted by atomic mass is 10.1. The van der Waals surface area contributed by atoms with Crippen molar-refractivity contribution in [1.29, 1.82) is 0 Å². The lowest BCUT2D eigenvalue weighted by Crippen LogP contribution is -1.93. The first kappa shape index (κ1) is 11.7. The molecule has 0 bridgehead atoms. The molecule has 0 fully saturated rings. The summed E-state index contributed by atoms with van der Waals surface area (Å²) in [5, 5.41) is 9.35. The Balaban J connectivity index is 2.19. The molecular formula is C13H15NO3. The topological polar surface area (TPSA) is 55.5 Å². The number of oxazole rings is 1. The normalized spacial score (nSPS) is 12.4. The SMILES string of the molecule is COc1ccccc1Cc1ncc(C(C)O)o1. The zero-order valence-electron chi connectivity index (χ0n) is 9.88. The molecule has 1 aromatic carbocycles.